The normalized spacial score (nSPS) is 22.9. The fraction of sp³-hybridized carbons (Fsp3) is 0.545. The van der Waals surface area contributed by atoms with Crippen LogP contribution in [0.3, 0.4) is 0 Å². The number of aliphatic hydroxyl groups excluding tert-OH is 1. The van der Waals surface area contributed by atoms with Gasteiger partial charge in [0.05, 0.1) is 11.8 Å². The Bertz CT molecular complexity index is 329. The molecule has 0 saturated carbocycles. The van der Waals surface area contributed by atoms with Crippen LogP contribution in [-0.4, -0.2) is 34.2 Å². The van der Waals surface area contributed by atoms with Crippen molar-refractivity contribution in [3.8, 4) is 0 Å². The van der Waals surface area contributed by atoms with Crippen molar-refractivity contribution in [3.63, 3.8) is 0 Å². The standard InChI is InChI=1S/C11H17N3O/c12-11-5-1-3-9(13-11)7-14-6-2-4-10(15)8-14/h1,3,5,10,15H,2,4,6-8H2,(H2,12,13). The molecule has 3 N–H and O–H groups in total. The number of hydrogen-bond acceptors (Lipinski definition) is 4. The molecule has 1 aromatic rings. The molecule has 1 aromatic heterocycles. The van der Waals surface area contributed by atoms with Gasteiger partial charge in [-0.3, -0.25) is 4.90 Å². The quantitative estimate of drug-likeness (QED) is 0.746. The van der Waals surface area contributed by atoms with Crippen molar-refractivity contribution < 1.29 is 5.11 Å². The van der Waals surface area contributed by atoms with Gasteiger partial charge in [0, 0.05) is 13.1 Å². The van der Waals surface area contributed by atoms with Gasteiger partial charge < -0.3 is 10.8 Å². The number of nitrogen functional groups attached to an aromatic ring is 1. The first kappa shape index (κ1) is 10.4. The highest BCUT2D eigenvalue weighted by Crippen LogP contribution is 2.12. The minimum atomic E-state index is -0.181. The molecule has 1 unspecified atom stereocenters. The minimum absolute atomic E-state index is 0.181. The number of nitrogens with zero attached hydrogens (tertiary/aromatic N) is 2. The second kappa shape index (κ2) is 4.59. The number of likely N-dealkylation sites (tertiary alicyclic amines) is 1. The zero-order chi connectivity index (χ0) is 10.7. The van der Waals surface area contributed by atoms with E-state index in [-0.39, 0.29) is 6.10 Å². The van der Waals surface area contributed by atoms with E-state index in [4.69, 9.17) is 5.73 Å². The number of aliphatic hydroxyl groups is 1. The lowest BCUT2D eigenvalue weighted by Gasteiger charge is -2.29. The summed E-state index contributed by atoms with van der Waals surface area (Å²) in [5.41, 5.74) is 6.59. The Labute approximate surface area is 89.7 Å². The maximum absolute atomic E-state index is 9.53. The van der Waals surface area contributed by atoms with Crippen LogP contribution in [-0.2, 0) is 6.54 Å². The van der Waals surface area contributed by atoms with E-state index in [2.05, 4.69) is 9.88 Å². The molecule has 4 heteroatoms. The number of aromatic nitrogens is 1. The SMILES string of the molecule is Nc1cccc(CN2CCCC(O)C2)n1. The first-order chi connectivity index (χ1) is 7.24. The average Bonchev–Trinajstić information content (AvgIpc) is 2.17. The van der Waals surface area contributed by atoms with Gasteiger partial charge in [-0.15, -0.1) is 0 Å². The molecule has 1 aliphatic heterocycles. The molecule has 0 spiro atoms. The zero-order valence-corrected chi connectivity index (χ0v) is 8.76. The third-order valence-corrected chi connectivity index (χ3v) is 2.69. The van der Waals surface area contributed by atoms with Gasteiger partial charge in [-0.1, -0.05) is 6.07 Å². The van der Waals surface area contributed by atoms with E-state index in [1.54, 1.807) is 6.07 Å². The summed E-state index contributed by atoms with van der Waals surface area (Å²) in [5, 5.41) is 9.53. The largest absolute Gasteiger partial charge is 0.392 e. The second-order valence-corrected chi connectivity index (χ2v) is 4.08. The molecule has 1 aliphatic rings. The number of pyridine rings is 1. The summed E-state index contributed by atoms with van der Waals surface area (Å²) in [4.78, 5) is 6.46. The maximum atomic E-state index is 9.53. The Morgan fingerprint density at radius 3 is 3.13 bits per heavy atom. The van der Waals surface area contributed by atoms with Crippen LogP contribution in [0.5, 0.6) is 0 Å². The van der Waals surface area contributed by atoms with E-state index < -0.39 is 0 Å². The lowest BCUT2D eigenvalue weighted by atomic mass is 10.1. The van der Waals surface area contributed by atoms with Crippen molar-refractivity contribution in [2.45, 2.75) is 25.5 Å². The molecule has 0 aliphatic carbocycles. The van der Waals surface area contributed by atoms with Crippen molar-refractivity contribution in [1.82, 2.24) is 9.88 Å². The minimum Gasteiger partial charge on any atom is -0.392 e. The summed E-state index contributed by atoms with van der Waals surface area (Å²) in [6.07, 6.45) is 1.80. The fourth-order valence-corrected chi connectivity index (χ4v) is 1.99. The number of anilines is 1. The van der Waals surface area contributed by atoms with Crippen LogP contribution >= 0.6 is 0 Å². The Morgan fingerprint density at radius 1 is 1.53 bits per heavy atom. The maximum Gasteiger partial charge on any atom is 0.123 e. The molecule has 0 radical (unpaired) electrons. The molecule has 0 amide bonds. The van der Waals surface area contributed by atoms with Gasteiger partial charge in [0.15, 0.2) is 0 Å². The number of hydrogen-bond donors (Lipinski definition) is 2. The van der Waals surface area contributed by atoms with E-state index in [9.17, 15) is 5.11 Å². The average molecular weight is 207 g/mol. The number of β-amino-alcohol motifs (C(OH)–C–C–N with tert-alkyl or cyclic N) is 1. The molecule has 0 bridgehead atoms. The summed E-state index contributed by atoms with van der Waals surface area (Å²) < 4.78 is 0. The van der Waals surface area contributed by atoms with Crippen LogP contribution < -0.4 is 5.73 Å². The summed E-state index contributed by atoms with van der Waals surface area (Å²) >= 11 is 0. The summed E-state index contributed by atoms with van der Waals surface area (Å²) in [6, 6.07) is 5.67. The molecule has 1 fully saturated rings. The predicted octanol–water partition coefficient (Wildman–Crippen LogP) is 0.620. The van der Waals surface area contributed by atoms with Crippen molar-refractivity contribution >= 4 is 5.82 Å². The third kappa shape index (κ3) is 2.91. The molecule has 4 nitrogen and oxygen atoms in total. The molecule has 82 valence electrons. The van der Waals surface area contributed by atoms with Gasteiger partial charge in [0.1, 0.15) is 5.82 Å². The number of nitrogens with two attached hydrogens (primary N) is 1. The molecule has 2 rings (SSSR count). The van der Waals surface area contributed by atoms with E-state index >= 15 is 0 Å². The monoisotopic (exact) mass is 207 g/mol. The van der Waals surface area contributed by atoms with Crippen molar-refractivity contribution in [2.24, 2.45) is 0 Å². The Morgan fingerprint density at radius 2 is 2.40 bits per heavy atom. The smallest absolute Gasteiger partial charge is 0.123 e. The first-order valence-electron chi connectivity index (χ1n) is 5.36. The Hall–Kier alpha value is -1.13. The van der Waals surface area contributed by atoms with Crippen molar-refractivity contribution in [2.75, 3.05) is 18.8 Å². The topological polar surface area (TPSA) is 62.4 Å². The summed E-state index contributed by atoms with van der Waals surface area (Å²) in [7, 11) is 0. The lowest BCUT2D eigenvalue weighted by Crippen LogP contribution is -2.37. The van der Waals surface area contributed by atoms with Gasteiger partial charge in [-0.25, -0.2) is 4.98 Å². The highest BCUT2D eigenvalue weighted by atomic mass is 16.3. The van der Waals surface area contributed by atoms with Crippen molar-refractivity contribution in [1.29, 1.82) is 0 Å². The molecular formula is C11H17N3O. The molecular weight excluding hydrogens is 190 g/mol. The summed E-state index contributed by atoms with van der Waals surface area (Å²) in [5.74, 6) is 0.560. The van der Waals surface area contributed by atoms with Crippen LogP contribution in [0.25, 0.3) is 0 Å². The van der Waals surface area contributed by atoms with E-state index in [0.717, 1.165) is 38.2 Å². The Balaban J connectivity index is 1.96. The van der Waals surface area contributed by atoms with Gasteiger partial charge in [0.25, 0.3) is 0 Å². The predicted molar refractivity (Wildman–Crippen MR) is 59.2 cm³/mol. The number of rotatable bonds is 2. The number of piperidine rings is 1. The van der Waals surface area contributed by atoms with Crippen LogP contribution in [0.1, 0.15) is 18.5 Å². The van der Waals surface area contributed by atoms with Gasteiger partial charge in [-0.2, -0.15) is 0 Å². The van der Waals surface area contributed by atoms with Crippen molar-refractivity contribution in [3.05, 3.63) is 23.9 Å². The highest BCUT2D eigenvalue weighted by molar-refractivity contribution is 5.28. The van der Waals surface area contributed by atoms with E-state index in [1.165, 1.54) is 0 Å². The van der Waals surface area contributed by atoms with Crippen LogP contribution in [0.4, 0.5) is 5.82 Å². The van der Waals surface area contributed by atoms with Crippen LogP contribution in [0, 0.1) is 0 Å². The highest BCUT2D eigenvalue weighted by Gasteiger charge is 2.17. The molecule has 1 saturated heterocycles. The second-order valence-electron chi connectivity index (χ2n) is 4.08. The molecule has 2 heterocycles. The van der Waals surface area contributed by atoms with Gasteiger partial charge >= 0.3 is 0 Å². The third-order valence-electron chi connectivity index (χ3n) is 2.69. The van der Waals surface area contributed by atoms with E-state index in [1.807, 2.05) is 12.1 Å². The first-order valence-corrected chi connectivity index (χ1v) is 5.36. The molecule has 15 heavy (non-hydrogen) atoms. The van der Waals surface area contributed by atoms with Gasteiger partial charge in [-0.05, 0) is 31.5 Å². The van der Waals surface area contributed by atoms with E-state index in [0.29, 0.717) is 5.82 Å². The van der Waals surface area contributed by atoms with Crippen LogP contribution in [0.2, 0.25) is 0 Å². The Kier molecular flexibility index (Phi) is 3.18. The molecule has 1 atom stereocenters. The zero-order valence-electron chi connectivity index (χ0n) is 8.76. The lowest BCUT2D eigenvalue weighted by molar-refractivity contribution is 0.0662. The van der Waals surface area contributed by atoms with Gasteiger partial charge in [0.2, 0.25) is 0 Å². The summed E-state index contributed by atoms with van der Waals surface area (Å²) in [6.45, 7) is 2.56. The van der Waals surface area contributed by atoms with Crippen LogP contribution in [0.15, 0.2) is 18.2 Å². The molecule has 0 aromatic carbocycles. The fourth-order valence-electron chi connectivity index (χ4n) is 1.99.